The zero-order valence-corrected chi connectivity index (χ0v) is 14.1. The molecular weight excluding hydrogens is 330 g/mol. The second kappa shape index (κ2) is 8.20. The van der Waals surface area contributed by atoms with Crippen LogP contribution in [-0.4, -0.2) is 17.0 Å². The highest BCUT2D eigenvalue weighted by Gasteiger charge is 2.33. The third-order valence-corrected chi connectivity index (χ3v) is 4.26. The summed E-state index contributed by atoms with van der Waals surface area (Å²) in [6.07, 6.45) is 4.49. The van der Waals surface area contributed by atoms with E-state index in [0.29, 0.717) is 24.2 Å². The normalized spacial score (nSPS) is 19.4. The molecule has 0 aliphatic heterocycles. The first-order valence-electron chi connectivity index (χ1n) is 8.39. The summed E-state index contributed by atoms with van der Waals surface area (Å²) >= 11 is 0. The standard InChI is InChI=1S/C20H19N3O3/c24-19(17-8-4-5-9-18(17)20(25)26)21-14-10-12-16(13-11-14)23-22-15-6-2-1-3-7-15/h1-7,10-13,17-18H,8-9H2,(H,21,24)(H,25,26)/t17-,18-/m0/s1. The molecule has 0 saturated carbocycles. The highest BCUT2D eigenvalue weighted by molar-refractivity contribution is 5.95. The molecule has 1 aliphatic carbocycles. The monoisotopic (exact) mass is 349 g/mol. The Labute approximate surface area is 151 Å². The molecule has 2 aromatic rings. The van der Waals surface area contributed by atoms with Gasteiger partial charge in [-0.25, -0.2) is 0 Å². The van der Waals surface area contributed by atoms with E-state index in [9.17, 15) is 14.7 Å². The molecule has 0 saturated heterocycles. The fraction of sp³-hybridized carbons (Fsp3) is 0.200. The second-order valence-corrected chi connectivity index (χ2v) is 6.07. The van der Waals surface area contributed by atoms with Gasteiger partial charge in [0.05, 0.1) is 23.2 Å². The summed E-state index contributed by atoms with van der Waals surface area (Å²) < 4.78 is 0. The number of rotatable bonds is 5. The van der Waals surface area contributed by atoms with Crippen LogP contribution in [0.3, 0.4) is 0 Å². The van der Waals surface area contributed by atoms with Crippen molar-refractivity contribution in [2.45, 2.75) is 12.8 Å². The van der Waals surface area contributed by atoms with Crippen LogP contribution in [0.5, 0.6) is 0 Å². The molecule has 132 valence electrons. The molecular formula is C20H19N3O3. The molecule has 0 unspecified atom stereocenters. The van der Waals surface area contributed by atoms with E-state index in [1.165, 1.54) is 0 Å². The number of aliphatic carboxylic acids is 1. The van der Waals surface area contributed by atoms with Gasteiger partial charge in [0.2, 0.25) is 5.91 Å². The van der Waals surface area contributed by atoms with Gasteiger partial charge in [-0.15, -0.1) is 0 Å². The van der Waals surface area contributed by atoms with Gasteiger partial charge in [-0.1, -0.05) is 30.4 Å². The van der Waals surface area contributed by atoms with E-state index in [1.807, 2.05) is 42.5 Å². The van der Waals surface area contributed by atoms with Gasteiger partial charge in [0.25, 0.3) is 0 Å². The van der Waals surface area contributed by atoms with Crippen molar-refractivity contribution in [2.24, 2.45) is 22.1 Å². The average molecular weight is 349 g/mol. The van der Waals surface area contributed by atoms with Crippen molar-refractivity contribution in [3.05, 3.63) is 66.7 Å². The summed E-state index contributed by atoms with van der Waals surface area (Å²) in [5.74, 6) is -2.46. The summed E-state index contributed by atoms with van der Waals surface area (Å²) in [5, 5.41) is 20.3. The van der Waals surface area contributed by atoms with Gasteiger partial charge in [0.1, 0.15) is 0 Å². The number of allylic oxidation sites excluding steroid dienone is 2. The molecule has 0 bridgehead atoms. The maximum Gasteiger partial charge on any atom is 0.307 e. The van der Waals surface area contributed by atoms with Crippen LogP contribution < -0.4 is 5.32 Å². The van der Waals surface area contributed by atoms with Crippen molar-refractivity contribution in [3.63, 3.8) is 0 Å². The molecule has 6 nitrogen and oxygen atoms in total. The lowest BCUT2D eigenvalue weighted by atomic mass is 9.82. The molecule has 0 spiro atoms. The Balaban J connectivity index is 1.63. The van der Waals surface area contributed by atoms with Crippen molar-refractivity contribution in [2.75, 3.05) is 5.32 Å². The molecule has 1 amide bonds. The summed E-state index contributed by atoms with van der Waals surface area (Å²) in [4.78, 5) is 23.7. The predicted octanol–water partition coefficient (Wildman–Crippen LogP) is 4.71. The molecule has 0 aromatic heterocycles. The Morgan fingerprint density at radius 2 is 1.42 bits per heavy atom. The number of carbonyl (C=O) groups is 2. The van der Waals surface area contributed by atoms with Crippen molar-refractivity contribution < 1.29 is 14.7 Å². The minimum absolute atomic E-state index is 0.277. The van der Waals surface area contributed by atoms with Gasteiger partial charge in [-0.2, -0.15) is 10.2 Å². The first-order valence-corrected chi connectivity index (χ1v) is 8.39. The van der Waals surface area contributed by atoms with Gasteiger partial charge in [-0.05, 0) is 49.2 Å². The minimum atomic E-state index is -0.939. The van der Waals surface area contributed by atoms with Crippen molar-refractivity contribution in [3.8, 4) is 0 Å². The van der Waals surface area contributed by atoms with Crippen LogP contribution in [0.15, 0.2) is 77.0 Å². The van der Waals surface area contributed by atoms with Crippen molar-refractivity contribution >= 4 is 28.9 Å². The molecule has 0 radical (unpaired) electrons. The fourth-order valence-corrected chi connectivity index (χ4v) is 2.83. The van der Waals surface area contributed by atoms with Gasteiger partial charge in [-0.3, -0.25) is 9.59 Å². The summed E-state index contributed by atoms with van der Waals surface area (Å²) in [6.45, 7) is 0. The third-order valence-electron chi connectivity index (χ3n) is 4.26. The van der Waals surface area contributed by atoms with E-state index in [1.54, 1.807) is 24.3 Å². The zero-order chi connectivity index (χ0) is 18.4. The highest BCUT2D eigenvalue weighted by Crippen LogP contribution is 2.28. The molecule has 1 aliphatic rings. The lowest BCUT2D eigenvalue weighted by Gasteiger charge is -2.24. The maximum absolute atomic E-state index is 12.4. The van der Waals surface area contributed by atoms with Crippen molar-refractivity contribution in [1.29, 1.82) is 0 Å². The predicted molar refractivity (Wildman–Crippen MR) is 98.7 cm³/mol. The Kier molecular flexibility index (Phi) is 5.53. The number of carboxylic acids is 1. The summed E-state index contributed by atoms with van der Waals surface area (Å²) in [7, 11) is 0. The number of nitrogens with zero attached hydrogens (tertiary/aromatic N) is 2. The van der Waals surface area contributed by atoms with E-state index < -0.39 is 17.8 Å². The quantitative estimate of drug-likeness (QED) is 0.605. The van der Waals surface area contributed by atoms with E-state index in [-0.39, 0.29) is 5.91 Å². The molecule has 3 rings (SSSR count). The topological polar surface area (TPSA) is 91.1 Å². The number of hydrogen-bond donors (Lipinski definition) is 2. The number of anilines is 1. The van der Waals surface area contributed by atoms with Crippen molar-refractivity contribution in [1.82, 2.24) is 0 Å². The first-order chi connectivity index (χ1) is 12.6. The number of nitrogens with one attached hydrogen (secondary N) is 1. The first kappa shape index (κ1) is 17.5. The summed E-state index contributed by atoms with van der Waals surface area (Å²) in [6, 6.07) is 16.3. The van der Waals surface area contributed by atoms with Crippen LogP contribution >= 0.6 is 0 Å². The molecule has 6 heteroatoms. The Morgan fingerprint density at radius 1 is 0.846 bits per heavy atom. The average Bonchev–Trinajstić information content (AvgIpc) is 2.68. The van der Waals surface area contributed by atoms with Crippen LogP contribution in [0.4, 0.5) is 17.1 Å². The lowest BCUT2D eigenvalue weighted by Crippen LogP contribution is -2.34. The molecule has 2 atom stereocenters. The van der Waals surface area contributed by atoms with Gasteiger partial charge < -0.3 is 10.4 Å². The smallest absolute Gasteiger partial charge is 0.307 e. The highest BCUT2D eigenvalue weighted by atomic mass is 16.4. The lowest BCUT2D eigenvalue weighted by molar-refractivity contribution is -0.146. The van der Waals surface area contributed by atoms with Gasteiger partial charge >= 0.3 is 5.97 Å². The molecule has 2 aromatic carbocycles. The van der Waals surface area contributed by atoms with Crippen LogP contribution in [0.2, 0.25) is 0 Å². The SMILES string of the molecule is O=C(O)[C@H]1CC=CC[C@@H]1C(=O)Nc1ccc(N=Nc2ccccc2)cc1. The molecule has 26 heavy (non-hydrogen) atoms. The molecule has 0 fully saturated rings. The van der Waals surface area contributed by atoms with Gasteiger partial charge in [0.15, 0.2) is 0 Å². The number of hydrogen-bond acceptors (Lipinski definition) is 4. The Morgan fingerprint density at radius 3 is 2.04 bits per heavy atom. The third kappa shape index (κ3) is 4.42. The fourth-order valence-electron chi connectivity index (χ4n) is 2.83. The van der Waals surface area contributed by atoms with E-state index >= 15 is 0 Å². The Hall–Kier alpha value is -3.28. The molecule has 2 N–H and O–H groups in total. The van der Waals surface area contributed by atoms with E-state index in [4.69, 9.17) is 0 Å². The van der Waals surface area contributed by atoms with Crippen LogP contribution in [0, 0.1) is 11.8 Å². The number of carboxylic acid groups (broad SMARTS) is 1. The van der Waals surface area contributed by atoms with E-state index in [2.05, 4.69) is 15.5 Å². The van der Waals surface area contributed by atoms with Crippen LogP contribution in [0.25, 0.3) is 0 Å². The second-order valence-electron chi connectivity index (χ2n) is 6.07. The van der Waals surface area contributed by atoms with Crippen LogP contribution in [0.1, 0.15) is 12.8 Å². The number of benzene rings is 2. The largest absolute Gasteiger partial charge is 0.481 e. The summed E-state index contributed by atoms with van der Waals surface area (Å²) in [5.41, 5.74) is 2.03. The minimum Gasteiger partial charge on any atom is -0.481 e. The number of carbonyl (C=O) groups excluding carboxylic acids is 1. The Bertz CT molecular complexity index is 829. The maximum atomic E-state index is 12.4. The van der Waals surface area contributed by atoms with Crippen LogP contribution in [-0.2, 0) is 9.59 Å². The van der Waals surface area contributed by atoms with E-state index in [0.717, 1.165) is 5.69 Å². The number of azo groups is 1. The number of amides is 1. The zero-order valence-electron chi connectivity index (χ0n) is 14.1. The van der Waals surface area contributed by atoms with Gasteiger partial charge in [0, 0.05) is 5.69 Å². The molecule has 0 heterocycles.